The molecule has 0 spiro atoms. The third-order valence-corrected chi connectivity index (χ3v) is 7.28. The molecule has 0 radical (unpaired) electrons. The van der Waals surface area contributed by atoms with Crippen molar-refractivity contribution >= 4 is 16.0 Å². The molecular formula is C22H24F3NO5S. The van der Waals surface area contributed by atoms with Gasteiger partial charge in [-0.2, -0.15) is 8.42 Å². The molecule has 0 heterocycles. The van der Waals surface area contributed by atoms with Crippen LogP contribution in [0.25, 0.3) is 11.1 Å². The topological polar surface area (TPSA) is 95.7 Å². The summed E-state index contributed by atoms with van der Waals surface area (Å²) in [6, 6.07) is 12.4. The lowest BCUT2D eigenvalue weighted by atomic mass is 9.84. The molecule has 2 unspecified atom stereocenters. The number of ether oxygens (including phenoxy) is 1. The summed E-state index contributed by atoms with van der Waals surface area (Å²) in [7, 11) is -3.99. The minimum absolute atomic E-state index is 0.196. The predicted molar refractivity (Wildman–Crippen MR) is 112 cm³/mol. The molecule has 1 fully saturated rings. The molecule has 1 saturated carbocycles. The van der Waals surface area contributed by atoms with E-state index in [0.717, 1.165) is 5.56 Å². The molecule has 2 atom stereocenters. The van der Waals surface area contributed by atoms with Crippen molar-refractivity contribution < 1.29 is 35.3 Å². The number of primary amides is 1. The minimum Gasteiger partial charge on any atom is -0.406 e. The Balaban J connectivity index is 1.86. The molecule has 10 heteroatoms. The molecule has 174 valence electrons. The summed E-state index contributed by atoms with van der Waals surface area (Å²) in [4.78, 5) is 12.4. The number of rotatable bonds is 7. The molecule has 2 aromatic rings. The second-order valence-electron chi connectivity index (χ2n) is 8.02. The Kier molecular flexibility index (Phi) is 6.57. The SMILES string of the molecule is CC(C)S(=O)(=O)OC1(C(N)=O)CCCC1c1ccc(-c2ccc(OC(F)(F)F)cc2)cc1. The van der Waals surface area contributed by atoms with E-state index in [-0.39, 0.29) is 12.2 Å². The van der Waals surface area contributed by atoms with Gasteiger partial charge in [-0.15, -0.1) is 13.2 Å². The van der Waals surface area contributed by atoms with Gasteiger partial charge in [0, 0.05) is 5.92 Å². The van der Waals surface area contributed by atoms with E-state index in [1.54, 1.807) is 24.3 Å². The molecule has 2 aromatic carbocycles. The van der Waals surface area contributed by atoms with Gasteiger partial charge in [-0.3, -0.25) is 8.98 Å². The quantitative estimate of drug-likeness (QED) is 0.600. The highest BCUT2D eigenvalue weighted by Crippen LogP contribution is 2.47. The van der Waals surface area contributed by atoms with Gasteiger partial charge in [0.2, 0.25) is 0 Å². The van der Waals surface area contributed by atoms with Gasteiger partial charge in [0.05, 0.1) is 5.25 Å². The van der Waals surface area contributed by atoms with E-state index in [0.29, 0.717) is 24.0 Å². The molecule has 1 amide bonds. The van der Waals surface area contributed by atoms with Gasteiger partial charge < -0.3 is 10.5 Å². The number of hydrogen-bond donors (Lipinski definition) is 1. The molecule has 1 aliphatic carbocycles. The lowest BCUT2D eigenvalue weighted by Gasteiger charge is -2.32. The van der Waals surface area contributed by atoms with E-state index in [4.69, 9.17) is 9.92 Å². The third kappa shape index (κ3) is 5.07. The van der Waals surface area contributed by atoms with E-state index in [1.807, 2.05) is 0 Å². The second-order valence-corrected chi connectivity index (χ2v) is 10.1. The smallest absolute Gasteiger partial charge is 0.406 e. The number of amides is 1. The van der Waals surface area contributed by atoms with Crippen LogP contribution in [-0.2, 0) is 19.1 Å². The van der Waals surface area contributed by atoms with Crippen molar-refractivity contribution in [1.82, 2.24) is 0 Å². The van der Waals surface area contributed by atoms with E-state index < -0.39 is 39.2 Å². The maximum absolute atomic E-state index is 12.4. The highest BCUT2D eigenvalue weighted by molar-refractivity contribution is 7.87. The average molecular weight is 471 g/mol. The predicted octanol–water partition coefficient (Wildman–Crippen LogP) is 4.50. The molecule has 0 aromatic heterocycles. The summed E-state index contributed by atoms with van der Waals surface area (Å²) >= 11 is 0. The highest BCUT2D eigenvalue weighted by Gasteiger charge is 2.53. The zero-order chi connectivity index (χ0) is 23.7. The first-order valence-corrected chi connectivity index (χ1v) is 11.5. The third-order valence-electron chi connectivity index (χ3n) is 5.60. The summed E-state index contributed by atoms with van der Waals surface area (Å²) in [6.45, 7) is 2.93. The van der Waals surface area contributed by atoms with E-state index in [1.165, 1.54) is 38.1 Å². The van der Waals surface area contributed by atoms with Crippen molar-refractivity contribution in [3.8, 4) is 16.9 Å². The van der Waals surface area contributed by atoms with Crippen LogP contribution in [0.3, 0.4) is 0 Å². The number of carbonyl (C=O) groups excluding carboxylic acids is 1. The Morgan fingerprint density at radius 1 is 1.06 bits per heavy atom. The van der Waals surface area contributed by atoms with Crippen LogP contribution in [-0.4, -0.2) is 31.5 Å². The maximum atomic E-state index is 12.4. The Morgan fingerprint density at radius 3 is 2.06 bits per heavy atom. The van der Waals surface area contributed by atoms with Gasteiger partial charge in [-0.05, 0) is 61.9 Å². The number of benzene rings is 2. The lowest BCUT2D eigenvalue weighted by Crippen LogP contribution is -2.50. The summed E-state index contributed by atoms with van der Waals surface area (Å²) in [5, 5.41) is -0.827. The highest BCUT2D eigenvalue weighted by atomic mass is 32.2. The molecule has 3 rings (SSSR count). The summed E-state index contributed by atoms with van der Waals surface area (Å²) in [5.41, 5.74) is 6.06. The van der Waals surface area contributed by atoms with Crippen LogP contribution in [0.2, 0.25) is 0 Å². The summed E-state index contributed by atoms with van der Waals surface area (Å²) in [6.07, 6.45) is -3.47. The first-order valence-electron chi connectivity index (χ1n) is 10.0. The largest absolute Gasteiger partial charge is 0.573 e. The van der Waals surface area contributed by atoms with Crippen molar-refractivity contribution in [2.75, 3.05) is 0 Å². The molecule has 32 heavy (non-hydrogen) atoms. The zero-order valence-corrected chi connectivity index (χ0v) is 18.4. The number of halogens is 3. The van der Waals surface area contributed by atoms with E-state index >= 15 is 0 Å². The first kappa shape index (κ1) is 24.1. The van der Waals surface area contributed by atoms with Crippen molar-refractivity contribution in [2.24, 2.45) is 5.73 Å². The van der Waals surface area contributed by atoms with Gasteiger partial charge >= 0.3 is 6.36 Å². The number of hydrogen-bond acceptors (Lipinski definition) is 5. The van der Waals surface area contributed by atoms with Crippen molar-refractivity contribution in [3.05, 3.63) is 54.1 Å². The molecule has 0 bridgehead atoms. The van der Waals surface area contributed by atoms with Crippen molar-refractivity contribution in [3.63, 3.8) is 0 Å². The Labute approximate surface area is 184 Å². The van der Waals surface area contributed by atoms with Gasteiger partial charge in [0.15, 0.2) is 5.60 Å². The normalized spacial score (nSPS) is 21.6. The van der Waals surface area contributed by atoms with Crippen LogP contribution in [0.5, 0.6) is 5.75 Å². The van der Waals surface area contributed by atoms with Gasteiger partial charge in [0.25, 0.3) is 16.0 Å². The fraction of sp³-hybridized carbons (Fsp3) is 0.409. The monoisotopic (exact) mass is 471 g/mol. The van der Waals surface area contributed by atoms with Crippen molar-refractivity contribution in [1.29, 1.82) is 0 Å². The fourth-order valence-corrected chi connectivity index (χ4v) is 4.80. The van der Waals surface area contributed by atoms with E-state index in [2.05, 4.69) is 4.74 Å². The Morgan fingerprint density at radius 2 is 1.59 bits per heavy atom. The minimum atomic E-state index is -4.76. The summed E-state index contributed by atoms with van der Waals surface area (Å²) in [5.74, 6) is -1.68. The van der Waals surface area contributed by atoms with Crippen LogP contribution in [0.4, 0.5) is 13.2 Å². The van der Waals surface area contributed by atoms with Gasteiger partial charge in [0.1, 0.15) is 5.75 Å². The molecule has 0 aliphatic heterocycles. The standard InChI is InChI=1S/C22H24F3NO5S/c1-14(2)32(28,29)31-21(20(26)27)13-3-4-19(21)17-7-5-15(6-8-17)16-9-11-18(12-10-16)30-22(23,24)25/h5-12,14,19H,3-4,13H2,1-2H3,(H2,26,27). The van der Waals surface area contributed by atoms with Crippen LogP contribution in [0.1, 0.15) is 44.6 Å². The molecular weight excluding hydrogens is 447 g/mol. The first-order chi connectivity index (χ1) is 14.8. The molecule has 1 aliphatic rings. The van der Waals surface area contributed by atoms with Crippen molar-refractivity contribution in [2.45, 2.75) is 56.2 Å². The Bertz CT molecular complexity index is 1070. The van der Waals surface area contributed by atoms with Gasteiger partial charge in [-0.1, -0.05) is 36.4 Å². The molecule has 0 saturated heterocycles. The number of nitrogens with two attached hydrogens (primary N) is 1. The maximum Gasteiger partial charge on any atom is 0.573 e. The lowest BCUT2D eigenvalue weighted by molar-refractivity contribution is -0.274. The number of alkyl halides is 3. The Hall–Kier alpha value is -2.59. The number of carbonyl (C=O) groups is 1. The second kappa shape index (κ2) is 8.74. The molecule has 2 N–H and O–H groups in total. The zero-order valence-electron chi connectivity index (χ0n) is 17.6. The van der Waals surface area contributed by atoms with Gasteiger partial charge in [-0.25, -0.2) is 0 Å². The van der Waals surface area contributed by atoms with Crippen LogP contribution < -0.4 is 10.5 Å². The average Bonchev–Trinajstić information content (AvgIpc) is 3.11. The van der Waals surface area contributed by atoms with Crippen LogP contribution >= 0.6 is 0 Å². The summed E-state index contributed by atoms with van der Waals surface area (Å²) < 4.78 is 71.1. The van der Waals surface area contributed by atoms with Crippen LogP contribution in [0, 0.1) is 0 Å². The van der Waals surface area contributed by atoms with E-state index in [9.17, 15) is 26.4 Å². The molecule has 6 nitrogen and oxygen atoms in total. The fourth-order valence-electron chi connectivity index (χ4n) is 3.91. The van der Waals surface area contributed by atoms with Crippen LogP contribution in [0.15, 0.2) is 48.5 Å².